The second-order valence-corrected chi connectivity index (χ2v) is 6.06. The number of aromatic nitrogens is 2. The van der Waals surface area contributed by atoms with Crippen molar-refractivity contribution in [1.29, 1.82) is 5.26 Å². The van der Waals surface area contributed by atoms with Crippen LogP contribution in [0.5, 0.6) is 0 Å². The molecule has 0 spiro atoms. The first-order chi connectivity index (χ1) is 9.52. The molecule has 1 unspecified atom stereocenters. The molecule has 20 heavy (non-hydrogen) atoms. The van der Waals surface area contributed by atoms with E-state index < -0.39 is 0 Å². The highest BCUT2D eigenvalue weighted by atomic mass is 15.0. The van der Waals surface area contributed by atoms with Gasteiger partial charge in [0.15, 0.2) is 0 Å². The van der Waals surface area contributed by atoms with Gasteiger partial charge in [0.2, 0.25) is 0 Å². The SMILES string of the molecule is CC(NCC(C)(C)CCC#N)c1nc2ccccc2[nH]1. The van der Waals surface area contributed by atoms with Gasteiger partial charge >= 0.3 is 0 Å². The number of aromatic amines is 1. The molecule has 0 bridgehead atoms. The number of benzene rings is 1. The number of nitriles is 1. The maximum atomic E-state index is 8.68. The molecule has 106 valence electrons. The van der Waals surface area contributed by atoms with Crippen LogP contribution in [0.2, 0.25) is 0 Å². The van der Waals surface area contributed by atoms with E-state index in [1.54, 1.807) is 0 Å². The third-order valence-electron chi connectivity index (χ3n) is 3.62. The zero-order valence-electron chi connectivity index (χ0n) is 12.4. The van der Waals surface area contributed by atoms with Gasteiger partial charge in [-0.25, -0.2) is 4.98 Å². The summed E-state index contributed by atoms with van der Waals surface area (Å²) in [5, 5.41) is 12.2. The lowest BCUT2D eigenvalue weighted by molar-refractivity contribution is 0.302. The highest BCUT2D eigenvalue weighted by Crippen LogP contribution is 2.22. The molecule has 2 rings (SSSR count). The third kappa shape index (κ3) is 3.58. The summed E-state index contributed by atoms with van der Waals surface area (Å²) in [6.45, 7) is 7.34. The van der Waals surface area contributed by atoms with E-state index in [2.05, 4.69) is 42.1 Å². The second-order valence-electron chi connectivity index (χ2n) is 6.06. The molecule has 1 atom stereocenters. The van der Waals surface area contributed by atoms with Crippen LogP contribution in [0, 0.1) is 16.7 Å². The van der Waals surface area contributed by atoms with Gasteiger partial charge < -0.3 is 10.3 Å². The Hall–Kier alpha value is -1.86. The average molecular weight is 270 g/mol. The summed E-state index contributed by atoms with van der Waals surface area (Å²) in [6, 6.07) is 10.4. The van der Waals surface area contributed by atoms with Crippen LogP contribution in [0.4, 0.5) is 0 Å². The zero-order valence-corrected chi connectivity index (χ0v) is 12.4. The topological polar surface area (TPSA) is 64.5 Å². The van der Waals surface area contributed by atoms with E-state index >= 15 is 0 Å². The number of fused-ring (bicyclic) bond motifs is 1. The fourth-order valence-electron chi connectivity index (χ4n) is 2.19. The molecule has 2 aromatic rings. The Balaban J connectivity index is 1.98. The summed E-state index contributed by atoms with van der Waals surface area (Å²) in [6.07, 6.45) is 1.51. The maximum absolute atomic E-state index is 8.68. The van der Waals surface area contributed by atoms with Gasteiger partial charge in [0.25, 0.3) is 0 Å². The van der Waals surface area contributed by atoms with E-state index in [-0.39, 0.29) is 11.5 Å². The van der Waals surface area contributed by atoms with Gasteiger partial charge in [0.1, 0.15) is 5.82 Å². The zero-order chi connectivity index (χ0) is 14.6. The first-order valence-corrected chi connectivity index (χ1v) is 7.07. The third-order valence-corrected chi connectivity index (χ3v) is 3.62. The van der Waals surface area contributed by atoms with Crippen molar-refractivity contribution in [2.24, 2.45) is 5.41 Å². The number of para-hydroxylation sites is 2. The molecule has 0 aliphatic rings. The monoisotopic (exact) mass is 270 g/mol. The smallest absolute Gasteiger partial charge is 0.124 e. The Morgan fingerprint density at radius 2 is 2.15 bits per heavy atom. The number of hydrogen-bond donors (Lipinski definition) is 2. The van der Waals surface area contributed by atoms with Gasteiger partial charge in [-0.05, 0) is 30.9 Å². The van der Waals surface area contributed by atoms with E-state index in [1.807, 2.05) is 24.3 Å². The summed E-state index contributed by atoms with van der Waals surface area (Å²) in [5.41, 5.74) is 2.19. The fraction of sp³-hybridized carbons (Fsp3) is 0.500. The Kier molecular flexibility index (Phi) is 4.41. The van der Waals surface area contributed by atoms with E-state index in [9.17, 15) is 0 Å². The molecule has 0 aliphatic carbocycles. The van der Waals surface area contributed by atoms with Crippen molar-refractivity contribution in [1.82, 2.24) is 15.3 Å². The van der Waals surface area contributed by atoms with Crippen molar-refractivity contribution in [3.05, 3.63) is 30.1 Å². The van der Waals surface area contributed by atoms with Gasteiger partial charge in [0, 0.05) is 13.0 Å². The van der Waals surface area contributed by atoms with Crippen molar-refractivity contribution >= 4 is 11.0 Å². The normalized spacial score (nSPS) is 13.3. The minimum Gasteiger partial charge on any atom is -0.341 e. The van der Waals surface area contributed by atoms with Gasteiger partial charge in [-0.15, -0.1) is 0 Å². The number of nitrogens with zero attached hydrogens (tertiary/aromatic N) is 2. The molecule has 0 saturated heterocycles. The number of H-pyrrole nitrogens is 1. The average Bonchev–Trinajstić information content (AvgIpc) is 2.86. The molecule has 4 heteroatoms. The molecule has 1 aromatic carbocycles. The summed E-state index contributed by atoms with van der Waals surface area (Å²) >= 11 is 0. The van der Waals surface area contributed by atoms with Crippen LogP contribution >= 0.6 is 0 Å². The minimum absolute atomic E-state index is 0.121. The standard InChI is InChI=1S/C16H22N4/c1-12(18-11-16(2,3)9-6-10-17)15-19-13-7-4-5-8-14(13)20-15/h4-5,7-8,12,18H,6,9,11H2,1-3H3,(H,19,20). The fourth-order valence-corrected chi connectivity index (χ4v) is 2.19. The van der Waals surface area contributed by atoms with Crippen molar-refractivity contribution in [3.8, 4) is 6.07 Å². The molecular formula is C16H22N4. The van der Waals surface area contributed by atoms with E-state index in [4.69, 9.17) is 5.26 Å². The minimum atomic E-state index is 0.121. The molecule has 0 amide bonds. The van der Waals surface area contributed by atoms with Crippen LogP contribution < -0.4 is 5.32 Å². The van der Waals surface area contributed by atoms with Crippen LogP contribution in [0.15, 0.2) is 24.3 Å². The predicted molar refractivity (Wildman–Crippen MR) is 81.1 cm³/mol. The largest absolute Gasteiger partial charge is 0.341 e. The highest BCUT2D eigenvalue weighted by Gasteiger charge is 2.19. The number of imidazole rings is 1. The Bertz CT molecular complexity index is 573. The summed E-state index contributed by atoms with van der Waals surface area (Å²) in [5.74, 6) is 0.960. The molecule has 0 radical (unpaired) electrons. The first kappa shape index (κ1) is 14.5. The molecule has 0 saturated carbocycles. The van der Waals surface area contributed by atoms with Crippen molar-refractivity contribution in [3.63, 3.8) is 0 Å². The Labute approximate surface area is 120 Å². The quantitative estimate of drug-likeness (QED) is 0.843. The highest BCUT2D eigenvalue weighted by molar-refractivity contribution is 5.74. The van der Waals surface area contributed by atoms with Gasteiger partial charge in [-0.2, -0.15) is 5.26 Å². The molecule has 4 nitrogen and oxygen atoms in total. The van der Waals surface area contributed by atoms with Crippen LogP contribution in [0.25, 0.3) is 11.0 Å². The van der Waals surface area contributed by atoms with Crippen LogP contribution in [-0.2, 0) is 0 Å². The van der Waals surface area contributed by atoms with Gasteiger partial charge in [-0.1, -0.05) is 26.0 Å². The van der Waals surface area contributed by atoms with Crippen LogP contribution in [0.3, 0.4) is 0 Å². The number of rotatable bonds is 6. The van der Waals surface area contributed by atoms with Crippen molar-refractivity contribution < 1.29 is 0 Å². The molecule has 1 aromatic heterocycles. The summed E-state index contributed by atoms with van der Waals surface area (Å²) in [4.78, 5) is 7.95. The van der Waals surface area contributed by atoms with E-state index in [0.717, 1.165) is 29.8 Å². The predicted octanol–water partition coefficient (Wildman–Crippen LogP) is 3.54. The van der Waals surface area contributed by atoms with Gasteiger partial charge in [0.05, 0.1) is 23.1 Å². The molecule has 0 aliphatic heterocycles. The van der Waals surface area contributed by atoms with Crippen molar-refractivity contribution in [2.45, 2.75) is 39.7 Å². The Morgan fingerprint density at radius 1 is 1.40 bits per heavy atom. The Morgan fingerprint density at radius 3 is 2.85 bits per heavy atom. The number of hydrogen-bond acceptors (Lipinski definition) is 3. The lowest BCUT2D eigenvalue weighted by Crippen LogP contribution is -2.31. The maximum Gasteiger partial charge on any atom is 0.124 e. The molecule has 0 fully saturated rings. The van der Waals surface area contributed by atoms with E-state index in [0.29, 0.717) is 6.42 Å². The van der Waals surface area contributed by atoms with Gasteiger partial charge in [-0.3, -0.25) is 0 Å². The lowest BCUT2D eigenvalue weighted by Gasteiger charge is -2.25. The molecular weight excluding hydrogens is 248 g/mol. The first-order valence-electron chi connectivity index (χ1n) is 7.07. The molecule has 2 N–H and O–H groups in total. The second kappa shape index (κ2) is 6.06. The molecule has 1 heterocycles. The summed E-state index contributed by atoms with van der Waals surface area (Å²) < 4.78 is 0. The van der Waals surface area contributed by atoms with E-state index in [1.165, 1.54) is 0 Å². The summed E-state index contributed by atoms with van der Waals surface area (Å²) in [7, 11) is 0. The number of nitrogens with one attached hydrogen (secondary N) is 2. The van der Waals surface area contributed by atoms with Crippen LogP contribution in [-0.4, -0.2) is 16.5 Å². The lowest BCUT2D eigenvalue weighted by atomic mass is 9.88. The van der Waals surface area contributed by atoms with Crippen molar-refractivity contribution in [2.75, 3.05) is 6.54 Å². The van der Waals surface area contributed by atoms with Crippen LogP contribution in [0.1, 0.15) is 45.5 Å².